The minimum absolute atomic E-state index is 0.0263. The zero-order valence-corrected chi connectivity index (χ0v) is 10.3. The van der Waals surface area contributed by atoms with Crippen molar-refractivity contribution in [1.82, 2.24) is 4.90 Å². The molecule has 0 spiro atoms. The molecule has 1 saturated heterocycles. The van der Waals surface area contributed by atoms with Gasteiger partial charge in [0.1, 0.15) is 11.2 Å². The minimum atomic E-state index is -0.287. The van der Waals surface area contributed by atoms with Crippen molar-refractivity contribution >= 4 is 17.7 Å². The molecule has 0 unspecified atom stereocenters. The van der Waals surface area contributed by atoms with Crippen LogP contribution < -0.4 is 0 Å². The number of aliphatic hydroxyl groups is 1. The molecule has 3 nitrogen and oxygen atoms in total. The molecule has 1 N–H and O–H groups in total. The molecule has 0 radical (unpaired) electrons. The normalized spacial score (nSPS) is 24.4. The van der Waals surface area contributed by atoms with E-state index in [1.54, 1.807) is 17.0 Å². The van der Waals surface area contributed by atoms with E-state index >= 15 is 0 Å². The predicted molar refractivity (Wildman–Crippen MR) is 65.0 cm³/mol. The largest absolute Gasteiger partial charge is 0.395 e. The van der Waals surface area contributed by atoms with Gasteiger partial charge in [0, 0.05) is 6.54 Å². The molecule has 0 saturated carbocycles. The minimum Gasteiger partial charge on any atom is -0.395 e. The van der Waals surface area contributed by atoms with Crippen LogP contribution in [0, 0.1) is 5.82 Å². The average Bonchev–Trinajstić information content (AvgIpc) is 2.59. The molecule has 0 aromatic heterocycles. The van der Waals surface area contributed by atoms with Gasteiger partial charge in [-0.15, -0.1) is 11.8 Å². The standard InChI is InChI=1S/C12H14FNO2S/c1-8-11(16)14(6-7-15)12(17-8)9-2-4-10(13)5-3-9/h2-5,8,12,15H,6-7H2,1H3/t8-,12+/m1/s1. The first-order chi connectivity index (χ1) is 8.13. The van der Waals surface area contributed by atoms with Gasteiger partial charge in [0.25, 0.3) is 0 Å². The lowest BCUT2D eigenvalue weighted by molar-refractivity contribution is -0.130. The molecular formula is C12H14FNO2S. The fraction of sp³-hybridized carbons (Fsp3) is 0.417. The van der Waals surface area contributed by atoms with Gasteiger partial charge in [-0.25, -0.2) is 4.39 Å². The monoisotopic (exact) mass is 255 g/mol. The van der Waals surface area contributed by atoms with E-state index in [1.807, 2.05) is 6.92 Å². The number of halogens is 1. The van der Waals surface area contributed by atoms with Crippen molar-refractivity contribution < 1.29 is 14.3 Å². The molecule has 1 fully saturated rings. The van der Waals surface area contributed by atoms with E-state index in [0.717, 1.165) is 5.56 Å². The Kier molecular flexibility index (Phi) is 3.69. The Labute approximate surface area is 104 Å². The number of amides is 1. The first-order valence-corrected chi connectivity index (χ1v) is 6.40. The van der Waals surface area contributed by atoms with Crippen LogP contribution in [0.3, 0.4) is 0 Å². The third-order valence-corrected chi connectivity index (χ3v) is 4.14. The van der Waals surface area contributed by atoms with Gasteiger partial charge in [-0.3, -0.25) is 4.79 Å². The van der Waals surface area contributed by atoms with Gasteiger partial charge < -0.3 is 10.0 Å². The van der Waals surface area contributed by atoms with Crippen molar-refractivity contribution in [2.75, 3.05) is 13.2 Å². The van der Waals surface area contributed by atoms with Crippen molar-refractivity contribution in [2.45, 2.75) is 17.5 Å². The van der Waals surface area contributed by atoms with Crippen molar-refractivity contribution in [3.63, 3.8) is 0 Å². The Morgan fingerprint density at radius 2 is 2.06 bits per heavy atom. The second kappa shape index (κ2) is 5.06. The third-order valence-electron chi connectivity index (χ3n) is 2.74. The number of nitrogens with zero attached hydrogens (tertiary/aromatic N) is 1. The Bertz CT molecular complexity index is 409. The van der Waals surface area contributed by atoms with E-state index < -0.39 is 0 Å². The summed E-state index contributed by atoms with van der Waals surface area (Å²) >= 11 is 1.52. The fourth-order valence-electron chi connectivity index (χ4n) is 1.90. The maximum absolute atomic E-state index is 12.8. The van der Waals surface area contributed by atoms with Crippen molar-refractivity contribution in [1.29, 1.82) is 0 Å². The lowest BCUT2D eigenvalue weighted by Crippen LogP contribution is -2.32. The summed E-state index contributed by atoms with van der Waals surface area (Å²) in [7, 11) is 0. The Balaban J connectivity index is 2.24. The van der Waals surface area contributed by atoms with E-state index in [-0.39, 0.29) is 29.0 Å². The van der Waals surface area contributed by atoms with Crippen LogP contribution in [-0.4, -0.2) is 34.3 Å². The van der Waals surface area contributed by atoms with Crippen LogP contribution in [0.1, 0.15) is 17.9 Å². The molecule has 2 atom stereocenters. The molecule has 0 aliphatic carbocycles. The predicted octanol–water partition coefficient (Wildman–Crippen LogP) is 1.78. The highest BCUT2D eigenvalue weighted by molar-refractivity contribution is 8.01. The maximum Gasteiger partial charge on any atom is 0.236 e. The average molecular weight is 255 g/mol. The highest BCUT2D eigenvalue weighted by Gasteiger charge is 2.37. The summed E-state index contributed by atoms with van der Waals surface area (Å²) in [6, 6.07) is 6.15. The fourth-order valence-corrected chi connectivity index (χ4v) is 3.20. The van der Waals surface area contributed by atoms with Crippen LogP contribution in [0.25, 0.3) is 0 Å². The van der Waals surface area contributed by atoms with E-state index in [9.17, 15) is 9.18 Å². The summed E-state index contributed by atoms with van der Waals surface area (Å²) in [6.45, 7) is 2.11. The number of rotatable bonds is 3. The number of hydrogen-bond donors (Lipinski definition) is 1. The molecule has 17 heavy (non-hydrogen) atoms. The summed E-state index contributed by atoms with van der Waals surface area (Å²) in [5.41, 5.74) is 0.891. The van der Waals surface area contributed by atoms with Crippen LogP contribution in [0.4, 0.5) is 4.39 Å². The number of carbonyl (C=O) groups excluding carboxylic acids is 1. The number of hydrogen-bond acceptors (Lipinski definition) is 3. The number of benzene rings is 1. The smallest absolute Gasteiger partial charge is 0.236 e. The topological polar surface area (TPSA) is 40.5 Å². The van der Waals surface area contributed by atoms with Crippen molar-refractivity contribution in [3.05, 3.63) is 35.6 Å². The first-order valence-electron chi connectivity index (χ1n) is 5.45. The Hall–Kier alpha value is -1.07. The summed E-state index contributed by atoms with van der Waals surface area (Å²) in [6.07, 6.45) is 0. The third kappa shape index (κ3) is 2.45. The van der Waals surface area contributed by atoms with Gasteiger partial charge in [0.15, 0.2) is 0 Å². The van der Waals surface area contributed by atoms with Crippen molar-refractivity contribution in [3.8, 4) is 0 Å². The van der Waals surface area contributed by atoms with Crippen LogP contribution in [0.15, 0.2) is 24.3 Å². The second-order valence-electron chi connectivity index (χ2n) is 3.94. The van der Waals surface area contributed by atoms with E-state index in [0.29, 0.717) is 6.54 Å². The molecule has 1 amide bonds. The van der Waals surface area contributed by atoms with Crippen LogP contribution in [-0.2, 0) is 4.79 Å². The maximum atomic E-state index is 12.8. The number of β-amino-alcohol motifs (C(OH)–C–C–N with tert-alkyl or cyclic N) is 1. The molecule has 92 valence electrons. The molecular weight excluding hydrogens is 241 g/mol. The number of carbonyl (C=O) groups is 1. The lowest BCUT2D eigenvalue weighted by atomic mass is 10.2. The van der Waals surface area contributed by atoms with Gasteiger partial charge in [-0.05, 0) is 24.6 Å². The summed E-state index contributed by atoms with van der Waals surface area (Å²) in [5, 5.41) is 8.74. The summed E-state index contributed by atoms with van der Waals surface area (Å²) in [4.78, 5) is 13.5. The Morgan fingerprint density at radius 3 is 2.65 bits per heavy atom. The molecule has 2 rings (SSSR count). The van der Waals surface area contributed by atoms with Gasteiger partial charge in [0.2, 0.25) is 5.91 Å². The highest BCUT2D eigenvalue weighted by Crippen LogP contribution is 2.42. The first kappa shape index (κ1) is 12.4. The Morgan fingerprint density at radius 1 is 1.41 bits per heavy atom. The van der Waals surface area contributed by atoms with E-state index in [2.05, 4.69) is 0 Å². The molecule has 1 aliphatic heterocycles. The molecule has 1 aromatic carbocycles. The summed E-state index contributed by atoms with van der Waals surface area (Å²) in [5.74, 6) is -0.261. The summed E-state index contributed by atoms with van der Waals surface area (Å²) < 4.78 is 12.8. The van der Waals surface area contributed by atoms with E-state index in [1.165, 1.54) is 23.9 Å². The number of aliphatic hydroxyl groups excluding tert-OH is 1. The van der Waals surface area contributed by atoms with Gasteiger partial charge >= 0.3 is 0 Å². The molecule has 1 aromatic rings. The van der Waals surface area contributed by atoms with Crippen molar-refractivity contribution in [2.24, 2.45) is 0 Å². The van der Waals surface area contributed by atoms with Crippen LogP contribution >= 0.6 is 11.8 Å². The molecule has 5 heteroatoms. The zero-order chi connectivity index (χ0) is 12.4. The second-order valence-corrected chi connectivity index (χ2v) is 5.36. The zero-order valence-electron chi connectivity index (χ0n) is 9.47. The molecule has 0 bridgehead atoms. The van der Waals surface area contributed by atoms with Crippen LogP contribution in [0.5, 0.6) is 0 Å². The molecule has 1 aliphatic rings. The quantitative estimate of drug-likeness (QED) is 0.895. The van der Waals surface area contributed by atoms with Gasteiger partial charge in [0.05, 0.1) is 11.9 Å². The SMILES string of the molecule is C[C@H]1S[C@@H](c2ccc(F)cc2)N(CCO)C1=O. The van der Waals surface area contributed by atoms with Crippen LogP contribution in [0.2, 0.25) is 0 Å². The van der Waals surface area contributed by atoms with Gasteiger partial charge in [-0.2, -0.15) is 0 Å². The van der Waals surface area contributed by atoms with Gasteiger partial charge in [-0.1, -0.05) is 12.1 Å². The molecule has 1 heterocycles. The lowest BCUT2D eigenvalue weighted by Gasteiger charge is -2.23. The van der Waals surface area contributed by atoms with E-state index in [4.69, 9.17) is 5.11 Å². The number of thioether (sulfide) groups is 1. The highest BCUT2D eigenvalue weighted by atomic mass is 32.2.